The summed E-state index contributed by atoms with van der Waals surface area (Å²) in [6, 6.07) is 14.9. The van der Waals surface area contributed by atoms with Gasteiger partial charge in [0.05, 0.1) is 28.9 Å². The second-order valence-electron chi connectivity index (χ2n) is 7.39. The monoisotopic (exact) mass is 388 g/mol. The van der Waals surface area contributed by atoms with Gasteiger partial charge >= 0.3 is 0 Å². The molecule has 29 heavy (non-hydrogen) atoms. The number of hydrogen-bond donors (Lipinski definition) is 0. The Hall–Kier alpha value is -3.46. The maximum absolute atomic E-state index is 12.9. The molecular weight excluding hydrogens is 364 g/mol. The molecule has 0 saturated heterocycles. The number of fused-ring (bicyclic) bond motifs is 1. The zero-order chi connectivity index (χ0) is 21.0. The molecule has 0 N–H and O–H groups in total. The molecule has 0 spiro atoms. The molecule has 0 unspecified atom stereocenters. The van der Waals surface area contributed by atoms with Crippen LogP contribution in [0.5, 0.6) is 0 Å². The zero-order valence-corrected chi connectivity index (χ0v) is 16.9. The van der Waals surface area contributed by atoms with E-state index in [2.05, 4.69) is 11.1 Å². The Morgan fingerprint density at radius 1 is 1.21 bits per heavy atom. The van der Waals surface area contributed by atoms with E-state index in [-0.39, 0.29) is 30.5 Å². The molecule has 0 radical (unpaired) electrons. The molecule has 6 nitrogen and oxygen atoms in total. The predicted molar refractivity (Wildman–Crippen MR) is 112 cm³/mol. The van der Waals surface area contributed by atoms with E-state index in [1.165, 1.54) is 10.9 Å². The number of aryl methyl sites for hydroxylation is 2. The maximum Gasteiger partial charge on any atom is 0.261 e. The summed E-state index contributed by atoms with van der Waals surface area (Å²) in [5.74, 6) is -0.0272. The Kier molecular flexibility index (Phi) is 6.08. The molecular formula is C23H24N4O2. The number of hydrogen-bond acceptors (Lipinski definition) is 4. The standard InChI is InChI=1S/C23H24N4O2/c1-16(2)27(14-19-9-7-18(13-24)8-10-19)21(28)11-12-26-15-25-22-17(3)5-4-6-20(22)23(26)29/h4-10,15-16H,11-12,14H2,1-3H3. The van der Waals surface area contributed by atoms with Crippen molar-refractivity contribution in [3.63, 3.8) is 0 Å². The van der Waals surface area contributed by atoms with Gasteiger partial charge in [-0.3, -0.25) is 14.2 Å². The second kappa shape index (κ2) is 8.70. The maximum atomic E-state index is 12.9. The Bertz CT molecular complexity index is 1120. The quantitative estimate of drug-likeness (QED) is 0.648. The van der Waals surface area contributed by atoms with Crippen molar-refractivity contribution < 1.29 is 4.79 Å². The van der Waals surface area contributed by atoms with E-state index >= 15 is 0 Å². The molecule has 6 heteroatoms. The largest absolute Gasteiger partial charge is 0.336 e. The van der Waals surface area contributed by atoms with Gasteiger partial charge in [-0.2, -0.15) is 5.26 Å². The average Bonchev–Trinajstić information content (AvgIpc) is 2.72. The number of amides is 1. The number of nitriles is 1. The van der Waals surface area contributed by atoms with Gasteiger partial charge in [0.25, 0.3) is 5.56 Å². The van der Waals surface area contributed by atoms with Gasteiger partial charge < -0.3 is 4.90 Å². The minimum absolute atomic E-state index is 0.0206. The number of nitrogens with zero attached hydrogens (tertiary/aromatic N) is 4. The molecule has 2 aromatic carbocycles. The molecule has 0 bridgehead atoms. The van der Waals surface area contributed by atoms with Gasteiger partial charge in [-0.1, -0.05) is 24.3 Å². The molecule has 0 atom stereocenters. The van der Waals surface area contributed by atoms with Crippen LogP contribution in [0.15, 0.2) is 53.6 Å². The fourth-order valence-corrected chi connectivity index (χ4v) is 3.30. The third kappa shape index (κ3) is 4.52. The van der Waals surface area contributed by atoms with Crippen LogP contribution in [0.4, 0.5) is 0 Å². The number of para-hydroxylation sites is 1. The summed E-state index contributed by atoms with van der Waals surface area (Å²) in [6.45, 7) is 6.60. The van der Waals surface area contributed by atoms with E-state index in [0.29, 0.717) is 23.0 Å². The summed E-state index contributed by atoms with van der Waals surface area (Å²) in [4.78, 5) is 31.8. The lowest BCUT2D eigenvalue weighted by Gasteiger charge is -2.27. The lowest BCUT2D eigenvalue weighted by atomic mass is 10.1. The minimum atomic E-state index is -0.130. The summed E-state index contributed by atoms with van der Waals surface area (Å²) in [5.41, 5.74) is 3.08. The highest BCUT2D eigenvalue weighted by molar-refractivity contribution is 5.80. The average molecular weight is 388 g/mol. The molecule has 1 heterocycles. The molecule has 1 amide bonds. The third-order valence-corrected chi connectivity index (χ3v) is 5.00. The van der Waals surface area contributed by atoms with E-state index in [4.69, 9.17) is 5.26 Å². The molecule has 0 aliphatic carbocycles. The minimum Gasteiger partial charge on any atom is -0.336 e. The summed E-state index contributed by atoms with van der Waals surface area (Å²) in [7, 11) is 0. The highest BCUT2D eigenvalue weighted by atomic mass is 16.2. The Morgan fingerprint density at radius 3 is 2.59 bits per heavy atom. The van der Waals surface area contributed by atoms with Crippen molar-refractivity contribution in [2.45, 2.75) is 46.3 Å². The first-order valence-electron chi connectivity index (χ1n) is 9.64. The fraction of sp³-hybridized carbons (Fsp3) is 0.304. The lowest BCUT2D eigenvalue weighted by molar-refractivity contribution is -0.133. The van der Waals surface area contributed by atoms with Gasteiger partial charge in [0.1, 0.15) is 0 Å². The van der Waals surface area contributed by atoms with Crippen LogP contribution in [-0.4, -0.2) is 26.4 Å². The molecule has 148 valence electrons. The topological polar surface area (TPSA) is 79.0 Å². The number of carbonyl (C=O) groups excluding carboxylic acids is 1. The summed E-state index contributed by atoms with van der Waals surface area (Å²) in [5, 5.41) is 9.49. The smallest absolute Gasteiger partial charge is 0.261 e. The molecule has 0 aliphatic heterocycles. The Labute approximate surface area is 170 Å². The summed E-state index contributed by atoms with van der Waals surface area (Å²) >= 11 is 0. The number of aromatic nitrogens is 2. The van der Waals surface area contributed by atoms with Crippen molar-refractivity contribution in [1.29, 1.82) is 5.26 Å². The van der Waals surface area contributed by atoms with E-state index in [1.807, 2.05) is 45.0 Å². The van der Waals surface area contributed by atoms with Crippen LogP contribution >= 0.6 is 0 Å². The summed E-state index contributed by atoms with van der Waals surface area (Å²) in [6.07, 6.45) is 1.73. The van der Waals surface area contributed by atoms with E-state index in [1.54, 1.807) is 23.1 Å². The Morgan fingerprint density at radius 2 is 1.93 bits per heavy atom. The first-order chi connectivity index (χ1) is 13.9. The van der Waals surface area contributed by atoms with Crippen molar-refractivity contribution in [1.82, 2.24) is 14.5 Å². The van der Waals surface area contributed by atoms with Gasteiger partial charge in [-0.05, 0) is 50.1 Å². The highest BCUT2D eigenvalue weighted by Gasteiger charge is 2.18. The Balaban J connectivity index is 1.73. The first-order valence-corrected chi connectivity index (χ1v) is 9.64. The molecule has 0 fully saturated rings. The van der Waals surface area contributed by atoms with Crippen LogP contribution in [-0.2, 0) is 17.9 Å². The van der Waals surface area contributed by atoms with Crippen LogP contribution < -0.4 is 5.56 Å². The zero-order valence-electron chi connectivity index (χ0n) is 16.9. The van der Waals surface area contributed by atoms with Gasteiger partial charge in [-0.15, -0.1) is 0 Å². The van der Waals surface area contributed by atoms with Gasteiger partial charge in [0.15, 0.2) is 0 Å². The summed E-state index contributed by atoms with van der Waals surface area (Å²) < 4.78 is 1.50. The SMILES string of the molecule is Cc1cccc2c(=O)n(CCC(=O)N(Cc3ccc(C#N)cc3)C(C)C)cnc12. The number of rotatable bonds is 6. The van der Waals surface area contributed by atoms with Crippen LogP contribution in [0.25, 0.3) is 10.9 Å². The van der Waals surface area contributed by atoms with Crippen LogP contribution in [0.1, 0.15) is 37.0 Å². The van der Waals surface area contributed by atoms with Crippen molar-refractivity contribution in [3.8, 4) is 6.07 Å². The second-order valence-corrected chi connectivity index (χ2v) is 7.39. The first kappa shape index (κ1) is 20.3. The van der Waals surface area contributed by atoms with E-state index in [0.717, 1.165) is 11.1 Å². The predicted octanol–water partition coefficient (Wildman–Crippen LogP) is 3.40. The normalized spacial score (nSPS) is 10.9. The number of carbonyl (C=O) groups is 1. The van der Waals surface area contributed by atoms with Gasteiger partial charge in [0.2, 0.25) is 5.91 Å². The molecule has 3 aromatic rings. The van der Waals surface area contributed by atoms with E-state index in [9.17, 15) is 9.59 Å². The van der Waals surface area contributed by atoms with Crippen molar-refractivity contribution in [2.24, 2.45) is 0 Å². The van der Waals surface area contributed by atoms with Gasteiger partial charge in [-0.25, -0.2) is 4.98 Å². The van der Waals surface area contributed by atoms with Crippen molar-refractivity contribution >= 4 is 16.8 Å². The molecule has 3 rings (SSSR count). The molecule has 0 aliphatic rings. The lowest BCUT2D eigenvalue weighted by Crippen LogP contribution is -2.37. The van der Waals surface area contributed by atoms with Crippen LogP contribution in [0.2, 0.25) is 0 Å². The van der Waals surface area contributed by atoms with Crippen LogP contribution in [0, 0.1) is 18.3 Å². The molecule has 1 aromatic heterocycles. The van der Waals surface area contributed by atoms with Crippen LogP contribution in [0.3, 0.4) is 0 Å². The number of benzene rings is 2. The molecule has 0 saturated carbocycles. The third-order valence-electron chi connectivity index (χ3n) is 5.00. The fourth-order valence-electron chi connectivity index (χ4n) is 3.30. The van der Waals surface area contributed by atoms with Crippen molar-refractivity contribution in [3.05, 3.63) is 75.8 Å². The van der Waals surface area contributed by atoms with Gasteiger partial charge in [0, 0.05) is 25.6 Å². The van der Waals surface area contributed by atoms with Crippen molar-refractivity contribution in [2.75, 3.05) is 0 Å². The highest BCUT2D eigenvalue weighted by Crippen LogP contribution is 2.13. The van der Waals surface area contributed by atoms with E-state index < -0.39 is 0 Å².